The third-order valence-corrected chi connectivity index (χ3v) is 4.27. The van der Waals surface area contributed by atoms with E-state index >= 15 is 0 Å². The van der Waals surface area contributed by atoms with E-state index in [9.17, 15) is 0 Å². The Bertz CT molecular complexity index is 124. The van der Waals surface area contributed by atoms with Gasteiger partial charge in [0.15, 0.2) is 0 Å². The third-order valence-electron chi connectivity index (χ3n) is 1.42. The molecule has 0 aromatic rings. The standard InChI is InChI=1S/C9H21O2Si.ClH.Mg/c1-7-12(6,10-8(2)3)11-9(4)5;;/h8-9H,1,7H2,2-6H3;1H;/q-1;;+2/p-1. The van der Waals surface area contributed by atoms with Gasteiger partial charge in [-0.25, -0.2) is 0 Å². The van der Waals surface area contributed by atoms with Crippen molar-refractivity contribution in [3.8, 4) is 0 Å². The molecule has 5 heteroatoms. The van der Waals surface area contributed by atoms with Crippen molar-refractivity contribution >= 4 is 31.6 Å². The molecular weight excluding hydrogens is 228 g/mol. The maximum Gasteiger partial charge on any atom is 2.00 e. The van der Waals surface area contributed by atoms with E-state index in [0.717, 1.165) is 6.04 Å². The Hall–Kier alpha value is 1.19. The average molecular weight is 249 g/mol. The molecule has 0 bridgehead atoms. The first kappa shape index (κ1) is 20.6. The normalized spacial score (nSPS) is 11.1. The van der Waals surface area contributed by atoms with Crippen molar-refractivity contribution in [3.05, 3.63) is 6.92 Å². The van der Waals surface area contributed by atoms with E-state index < -0.39 is 8.56 Å². The number of hydrogen-bond donors (Lipinski definition) is 0. The molecule has 0 radical (unpaired) electrons. The van der Waals surface area contributed by atoms with Crippen LogP contribution in [0.1, 0.15) is 27.7 Å². The Kier molecular flexibility index (Phi) is 13.9. The Morgan fingerprint density at radius 3 is 1.50 bits per heavy atom. The summed E-state index contributed by atoms with van der Waals surface area (Å²) in [5, 5.41) is 0. The van der Waals surface area contributed by atoms with Crippen LogP contribution in [0.4, 0.5) is 0 Å². The fraction of sp³-hybridized carbons (Fsp3) is 0.889. The van der Waals surface area contributed by atoms with Crippen LogP contribution in [0.25, 0.3) is 0 Å². The van der Waals surface area contributed by atoms with Crippen LogP contribution in [-0.2, 0) is 8.85 Å². The number of hydrogen-bond acceptors (Lipinski definition) is 2. The van der Waals surface area contributed by atoms with Crippen molar-refractivity contribution in [3.63, 3.8) is 0 Å². The van der Waals surface area contributed by atoms with Gasteiger partial charge in [-0.05, 0) is 34.2 Å². The maximum atomic E-state index is 5.75. The van der Waals surface area contributed by atoms with E-state index in [1.807, 2.05) is 27.7 Å². The van der Waals surface area contributed by atoms with Crippen LogP contribution >= 0.6 is 0 Å². The van der Waals surface area contributed by atoms with Crippen LogP contribution in [0.3, 0.4) is 0 Å². The smallest absolute Gasteiger partial charge is 1.00 e. The zero-order valence-corrected chi connectivity index (χ0v) is 13.1. The van der Waals surface area contributed by atoms with Gasteiger partial charge in [-0.2, -0.15) is 0 Å². The Morgan fingerprint density at radius 2 is 1.36 bits per heavy atom. The Labute approximate surface area is 112 Å². The summed E-state index contributed by atoms with van der Waals surface area (Å²) in [6, 6.07) is 0.767. The molecule has 0 heterocycles. The van der Waals surface area contributed by atoms with E-state index in [2.05, 4.69) is 13.5 Å². The predicted molar refractivity (Wildman–Crippen MR) is 60.0 cm³/mol. The average Bonchev–Trinajstić information content (AvgIpc) is 1.83. The summed E-state index contributed by atoms with van der Waals surface area (Å²) >= 11 is 0. The van der Waals surface area contributed by atoms with E-state index in [4.69, 9.17) is 8.85 Å². The molecule has 0 atom stereocenters. The van der Waals surface area contributed by atoms with E-state index in [-0.39, 0.29) is 47.7 Å². The molecule has 0 aliphatic heterocycles. The first-order chi connectivity index (χ1) is 5.39. The molecule has 0 fully saturated rings. The van der Waals surface area contributed by atoms with Gasteiger partial charge >= 0.3 is 31.6 Å². The van der Waals surface area contributed by atoms with Gasteiger partial charge < -0.3 is 28.2 Å². The van der Waals surface area contributed by atoms with E-state index in [0.29, 0.717) is 0 Å². The van der Waals surface area contributed by atoms with Gasteiger partial charge in [0, 0.05) is 12.2 Å². The van der Waals surface area contributed by atoms with Crippen molar-refractivity contribution in [1.82, 2.24) is 0 Å². The van der Waals surface area contributed by atoms with Gasteiger partial charge in [-0.1, -0.05) is 0 Å². The molecule has 0 amide bonds. The first-order valence-electron chi connectivity index (χ1n) is 4.54. The SMILES string of the molecule is [CH2-]C[Si](C)(OC(C)C)OC(C)C.[Cl-].[Mg+2]. The zero-order valence-electron chi connectivity index (χ0n) is 9.97. The molecule has 0 N–H and O–H groups in total. The zero-order chi connectivity index (χ0) is 9.78. The van der Waals surface area contributed by atoms with Crippen molar-refractivity contribution in [1.29, 1.82) is 0 Å². The van der Waals surface area contributed by atoms with Crippen molar-refractivity contribution in [2.24, 2.45) is 0 Å². The van der Waals surface area contributed by atoms with Gasteiger partial charge in [0.25, 0.3) is 0 Å². The second-order valence-corrected chi connectivity index (χ2v) is 6.96. The van der Waals surface area contributed by atoms with Gasteiger partial charge in [-0.15, -0.1) is 6.04 Å². The number of rotatable bonds is 5. The largest absolute Gasteiger partial charge is 2.00 e. The summed E-state index contributed by atoms with van der Waals surface area (Å²) in [6.45, 7) is 14.1. The summed E-state index contributed by atoms with van der Waals surface area (Å²) in [5.74, 6) is 0. The van der Waals surface area contributed by atoms with Crippen LogP contribution in [0, 0.1) is 6.92 Å². The third kappa shape index (κ3) is 9.74. The summed E-state index contributed by atoms with van der Waals surface area (Å²) in [4.78, 5) is 0. The van der Waals surface area contributed by atoms with Gasteiger partial charge in [-0.3, -0.25) is 0 Å². The predicted octanol–water partition coefficient (Wildman–Crippen LogP) is -0.634. The molecule has 0 aliphatic rings. The minimum Gasteiger partial charge on any atom is -1.00 e. The van der Waals surface area contributed by atoms with Crippen LogP contribution in [0.5, 0.6) is 0 Å². The molecule has 2 nitrogen and oxygen atoms in total. The summed E-state index contributed by atoms with van der Waals surface area (Å²) in [7, 11) is -1.96. The van der Waals surface area contributed by atoms with Crippen LogP contribution < -0.4 is 12.4 Å². The van der Waals surface area contributed by atoms with E-state index in [1.165, 1.54) is 0 Å². The Morgan fingerprint density at radius 1 is 1.07 bits per heavy atom. The molecule has 0 saturated carbocycles. The van der Waals surface area contributed by atoms with Gasteiger partial charge in [0.2, 0.25) is 0 Å². The second-order valence-electron chi connectivity index (χ2n) is 3.72. The number of halogens is 1. The van der Waals surface area contributed by atoms with E-state index in [1.54, 1.807) is 0 Å². The monoisotopic (exact) mass is 248 g/mol. The second kappa shape index (κ2) is 9.42. The van der Waals surface area contributed by atoms with Crippen molar-refractivity contribution < 1.29 is 21.3 Å². The Balaban J connectivity index is -0.000000605. The maximum absolute atomic E-state index is 5.75. The molecular formula is C9H21ClMgO2Si. The minimum absolute atomic E-state index is 0. The molecule has 0 aromatic heterocycles. The van der Waals surface area contributed by atoms with Crippen LogP contribution in [0.2, 0.25) is 12.6 Å². The molecule has 0 aliphatic carbocycles. The molecule has 0 spiro atoms. The van der Waals surface area contributed by atoms with Crippen LogP contribution in [-0.4, -0.2) is 43.8 Å². The van der Waals surface area contributed by atoms with Gasteiger partial charge in [0.05, 0.1) is 0 Å². The summed E-state index contributed by atoms with van der Waals surface area (Å²) in [6.07, 6.45) is 0.476. The van der Waals surface area contributed by atoms with Crippen LogP contribution in [0.15, 0.2) is 0 Å². The van der Waals surface area contributed by atoms with Crippen molar-refractivity contribution in [2.45, 2.75) is 52.5 Å². The minimum atomic E-state index is -1.96. The quantitative estimate of drug-likeness (QED) is 0.477. The fourth-order valence-electron chi connectivity index (χ4n) is 1.14. The first-order valence-corrected chi connectivity index (χ1v) is 7.07. The topological polar surface area (TPSA) is 18.5 Å². The fourth-order valence-corrected chi connectivity index (χ4v) is 3.43. The van der Waals surface area contributed by atoms with Gasteiger partial charge in [0.1, 0.15) is 0 Å². The molecule has 14 heavy (non-hydrogen) atoms. The molecule has 82 valence electrons. The molecule has 0 saturated heterocycles. The van der Waals surface area contributed by atoms with Crippen molar-refractivity contribution in [2.75, 3.05) is 0 Å². The summed E-state index contributed by atoms with van der Waals surface area (Å²) < 4.78 is 11.5. The molecule has 0 rings (SSSR count). The molecule has 0 aromatic carbocycles. The molecule has 0 unspecified atom stereocenters. The summed E-state index contributed by atoms with van der Waals surface area (Å²) in [5.41, 5.74) is 0.